The molecule has 2 aliphatic heterocycles. The Morgan fingerprint density at radius 2 is 2.00 bits per heavy atom. The number of benzene rings is 1. The van der Waals surface area contributed by atoms with Crippen molar-refractivity contribution in [2.45, 2.75) is 44.4 Å². The average molecular weight is 522 g/mol. The lowest BCUT2D eigenvalue weighted by Crippen LogP contribution is -2.42. The quantitative estimate of drug-likeness (QED) is 0.312. The number of aromatic nitrogens is 2. The van der Waals surface area contributed by atoms with Gasteiger partial charge in [0.2, 0.25) is 0 Å². The predicted molar refractivity (Wildman–Crippen MR) is 142 cm³/mol. The van der Waals surface area contributed by atoms with Crippen molar-refractivity contribution in [3.05, 3.63) is 53.5 Å². The van der Waals surface area contributed by atoms with Crippen LogP contribution in [0.2, 0.25) is 0 Å². The number of carbonyl (C=O) groups excluding carboxylic acids is 2. The molecule has 3 N–H and O–H groups in total. The lowest BCUT2D eigenvalue weighted by molar-refractivity contribution is -0.123. The number of hydrogen-bond donors (Lipinski definition) is 3. The number of likely N-dealkylation sites (tertiary alicyclic amines) is 1. The summed E-state index contributed by atoms with van der Waals surface area (Å²) in [4.78, 5) is 42.8. The van der Waals surface area contributed by atoms with E-state index in [1.54, 1.807) is 11.0 Å². The zero-order valence-electron chi connectivity index (χ0n) is 21.7. The molecule has 38 heavy (non-hydrogen) atoms. The average Bonchev–Trinajstić information content (AvgIpc) is 3.67. The standard InChI is InChI=1S/C27H35N7O4/c1-38-32-25(19-6-7-19)27(37)34-11-9-21(15-34)31-24-12-23(29-17-30-24)26(36)28-13-22(35)16-33-10-8-18-4-2-3-5-20(18)14-33/h2-5,12,17,19,21-22,35H,6-11,13-16H2,1H3,(H,28,36)(H,29,30,31)/b32-25-/t21?,22-/m0/s1. The topological polar surface area (TPSA) is 132 Å². The number of carbonyl (C=O) groups is 2. The highest BCUT2D eigenvalue weighted by atomic mass is 16.6. The molecule has 2 atom stereocenters. The highest BCUT2D eigenvalue weighted by molar-refractivity contribution is 6.40. The molecule has 3 heterocycles. The number of aliphatic hydroxyl groups excluding tert-OH is 1. The van der Waals surface area contributed by atoms with Gasteiger partial charge in [0.25, 0.3) is 11.8 Å². The summed E-state index contributed by atoms with van der Waals surface area (Å²) in [5, 5.41) is 20.6. The van der Waals surface area contributed by atoms with E-state index in [4.69, 9.17) is 4.84 Å². The Morgan fingerprint density at radius 1 is 1.18 bits per heavy atom. The second kappa shape index (κ2) is 11.9. The highest BCUT2D eigenvalue weighted by Crippen LogP contribution is 2.32. The van der Waals surface area contributed by atoms with Crippen LogP contribution in [0.25, 0.3) is 0 Å². The summed E-state index contributed by atoms with van der Waals surface area (Å²) in [7, 11) is 1.46. The molecule has 2 fully saturated rings. The summed E-state index contributed by atoms with van der Waals surface area (Å²) in [6.45, 7) is 3.44. The van der Waals surface area contributed by atoms with Crippen LogP contribution in [0.3, 0.4) is 0 Å². The van der Waals surface area contributed by atoms with Crippen molar-refractivity contribution in [3.8, 4) is 0 Å². The van der Waals surface area contributed by atoms with Crippen molar-refractivity contribution in [1.29, 1.82) is 0 Å². The van der Waals surface area contributed by atoms with Gasteiger partial charge in [-0.25, -0.2) is 9.97 Å². The Morgan fingerprint density at radius 3 is 2.79 bits per heavy atom. The summed E-state index contributed by atoms with van der Waals surface area (Å²) < 4.78 is 0. The van der Waals surface area contributed by atoms with Crippen molar-refractivity contribution in [1.82, 2.24) is 25.1 Å². The van der Waals surface area contributed by atoms with Crippen LogP contribution in [0.4, 0.5) is 5.82 Å². The number of rotatable bonds is 10. The first kappa shape index (κ1) is 26.1. The van der Waals surface area contributed by atoms with Gasteiger partial charge in [0.05, 0.1) is 6.10 Å². The predicted octanol–water partition coefficient (Wildman–Crippen LogP) is 1.05. The van der Waals surface area contributed by atoms with E-state index in [-0.39, 0.29) is 36.0 Å². The number of hydrogen-bond acceptors (Lipinski definition) is 9. The van der Waals surface area contributed by atoms with Gasteiger partial charge in [-0.2, -0.15) is 0 Å². The van der Waals surface area contributed by atoms with E-state index in [2.05, 4.69) is 48.9 Å². The number of anilines is 1. The van der Waals surface area contributed by atoms with E-state index >= 15 is 0 Å². The van der Waals surface area contributed by atoms with E-state index in [1.165, 1.54) is 24.6 Å². The molecule has 2 aromatic rings. The van der Waals surface area contributed by atoms with Gasteiger partial charge >= 0.3 is 0 Å². The fraction of sp³-hybridized carbons (Fsp3) is 0.519. The molecule has 1 aromatic heterocycles. The molecule has 202 valence electrons. The zero-order chi connectivity index (χ0) is 26.5. The van der Waals surface area contributed by atoms with E-state index < -0.39 is 6.10 Å². The number of fused-ring (bicyclic) bond motifs is 1. The molecular formula is C27H35N7O4. The van der Waals surface area contributed by atoms with Crippen molar-refractivity contribution >= 4 is 23.3 Å². The van der Waals surface area contributed by atoms with Gasteiger partial charge in [-0.05, 0) is 36.8 Å². The largest absolute Gasteiger partial charge is 0.399 e. The van der Waals surface area contributed by atoms with Crippen LogP contribution in [0.15, 0.2) is 41.8 Å². The normalized spacial score (nSPS) is 20.5. The molecule has 1 saturated heterocycles. The van der Waals surface area contributed by atoms with Crippen LogP contribution in [0.5, 0.6) is 0 Å². The highest BCUT2D eigenvalue weighted by Gasteiger charge is 2.37. The first-order chi connectivity index (χ1) is 18.5. The van der Waals surface area contributed by atoms with Crippen LogP contribution in [-0.2, 0) is 22.6 Å². The lowest BCUT2D eigenvalue weighted by Gasteiger charge is -2.30. The van der Waals surface area contributed by atoms with Gasteiger partial charge in [-0.1, -0.05) is 29.4 Å². The van der Waals surface area contributed by atoms with Crippen LogP contribution in [0, 0.1) is 5.92 Å². The van der Waals surface area contributed by atoms with Crippen LogP contribution in [-0.4, -0.2) is 94.4 Å². The first-order valence-corrected chi connectivity index (χ1v) is 13.2. The van der Waals surface area contributed by atoms with Crippen molar-refractivity contribution in [2.24, 2.45) is 11.1 Å². The number of amides is 2. The monoisotopic (exact) mass is 521 g/mol. The third-order valence-electron chi connectivity index (χ3n) is 7.28. The maximum absolute atomic E-state index is 12.9. The Labute approximate surface area is 222 Å². The third-order valence-corrected chi connectivity index (χ3v) is 7.28. The SMILES string of the molecule is CO/N=C(\C(=O)N1CCC(Nc2cc(C(=O)NC[C@H](O)CN3CCc4ccccc4C3)ncn2)C1)C1CC1. The van der Waals surface area contributed by atoms with Gasteiger partial charge in [0, 0.05) is 57.3 Å². The number of β-amino-alcohol motifs (C(OH)–C–C–N with tert-alkyl or cyclic N) is 1. The van der Waals surface area contributed by atoms with Crippen molar-refractivity contribution < 1.29 is 19.5 Å². The number of nitrogens with one attached hydrogen (secondary N) is 2. The van der Waals surface area contributed by atoms with Gasteiger partial charge in [0.15, 0.2) is 0 Å². The summed E-state index contributed by atoms with van der Waals surface area (Å²) in [5.74, 6) is 0.276. The minimum Gasteiger partial charge on any atom is -0.399 e. The molecule has 2 amide bonds. The molecule has 11 nitrogen and oxygen atoms in total. The van der Waals surface area contributed by atoms with Gasteiger partial charge in [-0.15, -0.1) is 0 Å². The summed E-state index contributed by atoms with van der Waals surface area (Å²) in [6.07, 6.45) is 4.31. The molecule has 0 radical (unpaired) electrons. The molecule has 5 rings (SSSR count). The fourth-order valence-corrected chi connectivity index (χ4v) is 5.11. The fourth-order valence-electron chi connectivity index (χ4n) is 5.11. The van der Waals surface area contributed by atoms with E-state index in [0.717, 1.165) is 38.8 Å². The Balaban J connectivity index is 1.08. The Hall–Kier alpha value is -3.57. The second-order valence-electron chi connectivity index (χ2n) is 10.2. The van der Waals surface area contributed by atoms with Crippen molar-refractivity contribution in [2.75, 3.05) is 45.2 Å². The second-order valence-corrected chi connectivity index (χ2v) is 10.2. The van der Waals surface area contributed by atoms with E-state index in [0.29, 0.717) is 31.2 Å². The third kappa shape index (κ3) is 6.46. The lowest BCUT2D eigenvalue weighted by atomic mass is 10.00. The van der Waals surface area contributed by atoms with E-state index in [9.17, 15) is 14.7 Å². The summed E-state index contributed by atoms with van der Waals surface area (Å²) in [6, 6.07) is 9.96. The minimum absolute atomic E-state index is 0.00394. The van der Waals surface area contributed by atoms with Gasteiger partial charge < -0.3 is 25.5 Å². The Bertz CT molecular complexity index is 1190. The summed E-state index contributed by atoms with van der Waals surface area (Å²) >= 11 is 0. The Kier molecular flexibility index (Phi) is 8.14. The van der Waals surface area contributed by atoms with Crippen molar-refractivity contribution in [3.63, 3.8) is 0 Å². The molecule has 3 aliphatic rings. The molecule has 1 saturated carbocycles. The van der Waals surface area contributed by atoms with Crippen LogP contribution < -0.4 is 10.6 Å². The zero-order valence-corrected chi connectivity index (χ0v) is 21.7. The number of aliphatic hydroxyl groups is 1. The van der Waals surface area contributed by atoms with Gasteiger partial charge in [-0.3, -0.25) is 14.5 Å². The molecule has 1 aromatic carbocycles. The van der Waals surface area contributed by atoms with E-state index in [1.807, 2.05) is 6.07 Å². The molecular weight excluding hydrogens is 486 g/mol. The number of nitrogens with zero attached hydrogens (tertiary/aromatic N) is 5. The molecule has 0 spiro atoms. The first-order valence-electron chi connectivity index (χ1n) is 13.2. The molecule has 1 unspecified atom stereocenters. The number of oxime groups is 1. The van der Waals surface area contributed by atoms with Crippen LogP contribution >= 0.6 is 0 Å². The van der Waals surface area contributed by atoms with Gasteiger partial charge in [0.1, 0.15) is 30.7 Å². The molecule has 11 heteroatoms. The van der Waals surface area contributed by atoms with Crippen LogP contribution in [0.1, 0.15) is 40.9 Å². The smallest absolute Gasteiger partial charge is 0.272 e. The minimum atomic E-state index is -0.687. The maximum atomic E-state index is 12.9. The maximum Gasteiger partial charge on any atom is 0.272 e. The molecule has 0 bridgehead atoms. The molecule has 1 aliphatic carbocycles. The summed E-state index contributed by atoms with van der Waals surface area (Å²) in [5.41, 5.74) is 3.37.